The standard InChI is InChI=1S/C21H16BrF2N5S/c1-11(2)29-20(15-8-13(22)9-16(24)19(15)27-29)28(3)21-26-18(17(10-25)30-21)12-4-6-14(23)7-5-12/h4-9,11H,1-3H3. The van der Waals surface area contributed by atoms with Crippen LogP contribution in [0.4, 0.5) is 19.7 Å². The molecule has 2 aromatic heterocycles. The Morgan fingerprint density at radius 2 is 1.90 bits per heavy atom. The lowest BCUT2D eigenvalue weighted by Gasteiger charge is -2.20. The zero-order valence-corrected chi connectivity index (χ0v) is 18.7. The number of aromatic nitrogens is 3. The largest absolute Gasteiger partial charge is 0.305 e. The van der Waals surface area contributed by atoms with E-state index in [4.69, 9.17) is 0 Å². The van der Waals surface area contributed by atoms with Gasteiger partial charge in [-0.2, -0.15) is 10.4 Å². The lowest BCUT2D eigenvalue weighted by molar-refractivity contribution is 0.535. The van der Waals surface area contributed by atoms with Gasteiger partial charge in [0.05, 0.1) is 0 Å². The lowest BCUT2D eigenvalue weighted by Crippen LogP contribution is -2.16. The predicted molar refractivity (Wildman–Crippen MR) is 118 cm³/mol. The molecule has 0 atom stereocenters. The number of thiazole rings is 1. The van der Waals surface area contributed by atoms with E-state index in [1.165, 1.54) is 29.5 Å². The van der Waals surface area contributed by atoms with Gasteiger partial charge >= 0.3 is 0 Å². The van der Waals surface area contributed by atoms with Gasteiger partial charge in [0.25, 0.3) is 0 Å². The van der Waals surface area contributed by atoms with Crippen LogP contribution in [0.3, 0.4) is 0 Å². The minimum absolute atomic E-state index is 0.0278. The molecule has 0 aliphatic carbocycles. The molecule has 30 heavy (non-hydrogen) atoms. The molecule has 0 unspecified atom stereocenters. The summed E-state index contributed by atoms with van der Waals surface area (Å²) in [5, 5.41) is 15.3. The van der Waals surface area contributed by atoms with Gasteiger partial charge < -0.3 is 4.90 Å². The van der Waals surface area contributed by atoms with Gasteiger partial charge in [-0.1, -0.05) is 27.3 Å². The van der Waals surface area contributed by atoms with E-state index in [1.54, 1.807) is 21.7 Å². The maximum Gasteiger partial charge on any atom is 0.192 e. The van der Waals surface area contributed by atoms with Crippen molar-refractivity contribution in [3.63, 3.8) is 0 Å². The second-order valence-electron chi connectivity index (χ2n) is 7.00. The Morgan fingerprint density at radius 1 is 1.20 bits per heavy atom. The summed E-state index contributed by atoms with van der Waals surface area (Å²) in [7, 11) is 1.81. The van der Waals surface area contributed by atoms with Crippen LogP contribution in [0.25, 0.3) is 22.2 Å². The molecule has 2 aromatic carbocycles. The highest BCUT2D eigenvalue weighted by Crippen LogP contribution is 2.39. The summed E-state index contributed by atoms with van der Waals surface area (Å²) in [6, 6.07) is 11.2. The summed E-state index contributed by atoms with van der Waals surface area (Å²) in [5.41, 5.74) is 1.40. The minimum Gasteiger partial charge on any atom is -0.305 e. The number of benzene rings is 2. The van der Waals surface area contributed by atoms with Crippen molar-refractivity contribution in [2.75, 3.05) is 11.9 Å². The molecule has 152 valence electrons. The molecule has 0 saturated heterocycles. The maximum absolute atomic E-state index is 14.5. The van der Waals surface area contributed by atoms with Crippen molar-refractivity contribution in [1.29, 1.82) is 5.26 Å². The summed E-state index contributed by atoms with van der Waals surface area (Å²) in [4.78, 5) is 6.86. The average Bonchev–Trinajstić information content (AvgIpc) is 3.30. The Morgan fingerprint density at radius 3 is 2.53 bits per heavy atom. The summed E-state index contributed by atoms with van der Waals surface area (Å²) in [6.07, 6.45) is 0. The first-order chi connectivity index (χ1) is 14.3. The van der Waals surface area contributed by atoms with E-state index >= 15 is 0 Å². The quantitative estimate of drug-likeness (QED) is 0.333. The Labute approximate surface area is 184 Å². The molecule has 0 bridgehead atoms. The zero-order valence-electron chi connectivity index (χ0n) is 16.3. The van der Waals surface area contributed by atoms with Crippen molar-refractivity contribution in [3.8, 4) is 17.3 Å². The summed E-state index contributed by atoms with van der Waals surface area (Å²) < 4.78 is 30.2. The molecule has 0 N–H and O–H groups in total. The van der Waals surface area contributed by atoms with Crippen LogP contribution in [0.2, 0.25) is 0 Å². The van der Waals surface area contributed by atoms with E-state index in [1.807, 2.05) is 27.0 Å². The Kier molecular flexibility index (Phi) is 5.30. The van der Waals surface area contributed by atoms with Crippen LogP contribution in [-0.2, 0) is 0 Å². The number of rotatable bonds is 4. The second-order valence-corrected chi connectivity index (χ2v) is 8.89. The second kappa shape index (κ2) is 7.78. The van der Waals surface area contributed by atoms with Crippen LogP contribution < -0.4 is 4.90 Å². The third-order valence-corrected chi connectivity index (χ3v) is 6.12. The van der Waals surface area contributed by atoms with Gasteiger partial charge in [0.1, 0.15) is 33.8 Å². The smallest absolute Gasteiger partial charge is 0.192 e. The van der Waals surface area contributed by atoms with Crippen LogP contribution in [-0.4, -0.2) is 21.8 Å². The van der Waals surface area contributed by atoms with Gasteiger partial charge in [0.2, 0.25) is 0 Å². The number of hydrogen-bond acceptors (Lipinski definition) is 5. The van der Waals surface area contributed by atoms with Gasteiger partial charge in [-0.25, -0.2) is 18.4 Å². The van der Waals surface area contributed by atoms with Crippen molar-refractivity contribution >= 4 is 49.1 Å². The fraction of sp³-hybridized carbons (Fsp3) is 0.190. The van der Waals surface area contributed by atoms with Crippen molar-refractivity contribution in [2.45, 2.75) is 19.9 Å². The highest BCUT2D eigenvalue weighted by Gasteiger charge is 2.24. The molecule has 5 nitrogen and oxygen atoms in total. The molecule has 0 spiro atoms. The Bertz CT molecular complexity index is 1290. The van der Waals surface area contributed by atoms with Crippen LogP contribution in [0.5, 0.6) is 0 Å². The first-order valence-corrected chi connectivity index (χ1v) is 10.7. The SMILES string of the molecule is CC(C)n1nc2c(F)cc(Br)cc2c1N(C)c1nc(-c2ccc(F)cc2)c(C#N)s1. The molecule has 0 saturated carbocycles. The molecule has 0 amide bonds. The fourth-order valence-corrected chi connectivity index (χ4v) is 4.51. The zero-order chi connectivity index (χ0) is 21.6. The first-order valence-electron chi connectivity index (χ1n) is 9.08. The monoisotopic (exact) mass is 487 g/mol. The molecular weight excluding hydrogens is 472 g/mol. The third-order valence-electron chi connectivity index (χ3n) is 4.62. The van der Waals surface area contributed by atoms with E-state index in [0.29, 0.717) is 36.9 Å². The van der Waals surface area contributed by atoms with Crippen LogP contribution in [0, 0.1) is 23.0 Å². The van der Waals surface area contributed by atoms with Crippen LogP contribution in [0.1, 0.15) is 24.8 Å². The molecular formula is C21H16BrF2N5S. The normalized spacial score (nSPS) is 11.3. The number of halogens is 3. The molecule has 0 fully saturated rings. The summed E-state index contributed by atoms with van der Waals surface area (Å²) in [6.45, 7) is 3.92. The van der Waals surface area contributed by atoms with Crippen molar-refractivity contribution in [2.24, 2.45) is 0 Å². The van der Waals surface area contributed by atoms with Gasteiger partial charge in [-0.3, -0.25) is 0 Å². The summed E-state index contributed by atoms with van der Waals surface area (Å²) >= 11 is 4.57. The van der Waals surface area contributed by atoms with Gasteiger partial charge in [0, 0.05) is 28.5 Å². The highest BCUT2D eigenvalue weighted by atomic mass is 79.9. The Balaban J connectivity index is 1.89. The van der Waals surface area contributed by atoms with Crippen molar-refractivity contribution < 1.29 is 8.78 Å². The molecule has 0 radical (unpaired) electrons. The van der Waals surface area contributed by atoms with Crippen molar-refractivity contribution in [1.82, 2.24) is 14.8 Å². The predicted octanol–water partition coefficient (Wildman–Crippen LogP) is 6.42. The first kappa shape index (κ1) is 20.4. The van der Waals surface area contributed by atoms with E-state index in [9.17, 15) is 14.0 Å². The molecule has 9 heteroatoms. The maximum atomic E-state index is 14.5. The van der Waals surface area contributed by atoms with Crippen LogP contribution in [0.15, 0.2) is 40.9 Å². The van der Waals surface area contributed by atoms with E-state index in [0.717, 1.165) is 0 Å². The number of nitrogens with zero attached hydrogens (tertiary/aromatic N) is 5. The molecule has 0 aliphatic heterocycles. The van der Waals surface area contributed by atoms with E-state index in [-0.39, 0.29) is 17.4 Å². The van der Waals surface area contributed by atoms with E-state index in [2.05, 4.69) is 32.1 Å². The number of fused-ring (bicyclic) bond motifs is 1. The average molecular weight is 488 g/mol. The van der Waals surface area contributed by atoms with Crippen LogP contribution >= 0.6 is 27.3 Å². The van der Waals surface area contributed by atoms with Gasteiger partial charge in [-0.15, -0.1) is 0 Å². The molecule has 4 aromatic rings. The van der Waals surface area contributed by atoms with Gasteiger partial charge in [-0.05, 0) is 50.2 Å². The topological polar surface area (TPSA) is 57.7 Å². The summed E-state index contributed by atoms with van der Waals surface area (Å²) in [5.74, 6) is -0.105. The number of anilines is 2. The number of nitriles is 1. The number of hydrogen-bond donors (Lipinski definition) is 0. The van der Waals surface area contributed by atoms with Gasteiger partial charge in [0.15, 0.2) is 10.9 Å². The van der Waals surface area contributed by atoms with E-state index < -0.39 is 5.82 Å². The molecule has 4 rings (SSSR count). The molecule has 0 aliphatic rings. The lowest BCUT2D eigenvalue weighted by atomic mass is 10.1. The highest BCUT2D eigenvalue weighted by molar-refractivity contribution is 9.10. The fourth-order valence-electron chi connectivity index (χ4n) is 3.23. The third kappa shape index (κ3) is 3.46. The Hall–Kier alpha value is -2.83. The molecule has 2 heterocycles. The van der Waals surface area contributed by atoms with Crippen molar-refractivity contribution in [3.05, 3.63) is 57.4 Å². The minimum atomic E-state index is -0.419.